The lowest BCUT2D eigenvalue weighted by atomic mass is 9.97. The summed E-state index contributed by atoms with van der Waals surface area (Å²) in [4.78, 5) is 20.3. The Labute approximate surface area is 226 Å². The number of hydrogen-bond acceptors (Lipinski definition) is 10. The molecule has 4 heterocycles. The minimum absolute atomic E-state index is 0.0864. The van der Waals surface area contributed by atoms with Gasteiger partial charge in [0.1, 0.15) is 29.4 Å². The maximum atomic E-state index is 13.4. The summed E-state index contributed by atoms with van der Waals surface area (Å²) >= 11 is 0. The number of rotatable bonds is 7. The van der Waals surface area contributed by atoms with Crippen molar-refractivity contribution < 1.29 is 17.5 Å². The topological polar surface area (TPSA) is 167 Å². The first-order chi connectivity index (χ1) is 19.3. The molecule has 1 saturated heterocycles. The molecule has 5 aromatic rings. The van der Waals surface area contributed by atoms with Gasteiger partial charge in [0, 0.05) is 25.1 Å². The summed E-state index contributed by atoms with van der Waals surface area (Å²) in [6.07, 6.45) is 2.29. The minimum atomic E-state index is -3.81. The van der Waals surface area contributed by atoms with E-state index in [4.69, 9.17) is 4.74 Å². The molecule has 6 rings (SSSR count). The van der Waals surface area contributed by atoms with Gasteiger partial charge in [-0.15, -0.1) is 10.2 Å². The number of ether oxygens (including phenoxy) is 1. The van der Waals surface area contributed by atoms with Gasteiger partial charge in [0.15, 0.2) is 11.2 Å². The Bertz CT molecular complexity index is 1830. The molecule has 0 bridgehead atoms. The number of H-pyrrole nitrogens is 1. The van der Waals surface area contributed by atoms with E-state index in [1.165, 1.54) is 51.4 Å². The Hall–Kier alpha value is -4.57. The number of benzene rings is 2. The highest BCUT2D eigenvalue weighted by Crippen LogP contribution is 2.31. The van der Waals surface area contributed by atoms with Crippen molar-refractivity contribution in [1.29, 1.82) is 0 Å². The first-order valence-electron chi connectivity index (χ1n) is 12.3. The third-order valence-corrected chi connectivity index (χ3v) is 8.76. The Morgan fingerprint density at radius 3 is 2.58 bits per heavy atom. The van der Waals surface area contributed by atoms with E-state index in [0.717, 1.165) is 5.56 Å². The second-order valence-electron chi connectivity index (χ2n) is 9.26. The van der Waals surface area contributed by atoms with Crippen LogP contribution < -0.4 is 10.3 Å². The lowest BCUT2D eigenvalue weighted by Crippen LogP contribution is -2.38. The van der Waals surface area contributed by atoms with Gasteiger partial charge in [0.25, 0.3) is 5.56 Å². The molecule has 206 valence electrons. The zero-order valence-electron chi connectivity index (χ0n) is 21.2. The number of nitrogens with zero attached hydrogens (tertiary/aromatic N) is 9. The van der Waals surface area contributed by atoms with E-state index in [1.807, 2.05) is 0 Å². The summed E-state index contributed by atoms with van der Waals surface area (Å²) in [6.45, 7) is 0.733. The summed E-state index contributed by atoms with van der Waals surface area (Å²) in [7, 11) is -2.37. The van der Waals surface area contributed by atoms with Gasteiger partial charge in [-0.2, -0.15) is 8.99 Å². The summed E-state index contributed by atoms with van der Waals surface area (Å²) in [5, 5.41) is 19.0. The molecule has 0 saturated carbocycles. The molecule has 1 fully saturated rings. The molecule has 16 heteroatoms. The lowest BCUT2D eigenvalue weighted by Gasteiger charge is -2.30. The van der Waals surface area contributed by atoms with Crippen LogP contribution in [0, 0.1) is 5.82 Å². The number of methoxy groups -OCH3 is 1. The zero-order chi connectivity index (χ0) is 27.9. The summed E-state index contributed by atoms with van der Waals surface area (Å²) < 4.78 is 49.8. The van der Waals surface area contributed by atoms with Crippen molar-refractivity contribution in [3.05, 3.63) is 76.4 Å². The van der Waals surface area contributed by atoms with Crippen LogP contribution in [-0.2, 0) is 16.6 Å². The van der Waals surface area contributed by atoms with Gasteiger partial charge in [0.05, 0.1) is 18.6 Å². The first kappa shape index (κ1) is 25.7. The number of fused-ring (bicyclic) bond motifs is 1. The van der Waals surface area contributed by atoms with Gasteiger partial charge in [-0.05, 0) is 53.1 Å². The van der Waals surface area contributed by atoms with E-state index in [0.29, 0.717) is 35.8 Å². The van der Waals surface area contributed by atoms with E-state index in [2.05, 4.69) is 35.8 Å². The van der Waals surface area contributed by atoms with E-state index in [-0.39, 0.29) is 41.8 Å². The number of halogens is 1. The van der Waals surface area contributed by atoms with Gasteiger partial charge in [-0.25, -0.2) is 22.5 Å². The molecule has 2 aromatic carbocycles. The Balaban J connectivity index is 1.20. The maximum Gasteiger partial charge on any atom is 0.281 e. The highest BCUT2D eigenvalue weighted by molar-refractivity contribution is 7.89. The zero-order valence-corrected chi connectivity index (χ0v) is 22.0. The first-order valence-corrected chi connectivity index (χ1v) is 13.8. The smallest absolute Gasteiger partial charge is 0.281 e. The molecule has 0 aliphatic carbocycles. The standard InChI is InChI=1S/C24H23FN10O4S/c1-39-20-12-18(6-7-19(20)35-14-26-30-32-35)40(37,38)33-10-8-16(9-11-33)22-27-23-21(24(36)28-22)29-31-34(23)13-15-2-4-17(25)5-3-15/h2-7,12,14,16H,8-11,13H2,1H3,(H,27,28,36). The van der Waals surface area contributed by atoms with Gasteiger partial charge < -0.3 is 9.72 Å². The highest BCUT2D eigenvalue weighted by atomic mass is 32.2. The molecular formula is C24H23FN10O4S. The Kier molecular flexibility index (Phi) is 6.55. The second kappa shape index (κ2) is 10.2. The maximum absolute atomic E-state index is 13.4. The fraction of sp³-hybridized carbons (Fsp3) is 0.292. The van der Waals surface area contributed by atoms with Gasteiger partial charge in [-0.3, -0.25) is 4.79 Å². The summed E-state index contributed by atoms with van der Waals surface area (Å²) in [5.41, 5.74) is 1.27. The SMILES string of the molecule is COc1cc(S(=O)(=O)N2CCC(c3nc4c(nnn4Cc4ccc(F)cc4)c(=O)[nH]3)CC2)ccc1-n1cnnn1. The largest absolute Gasteiger partial charge is 0.494 e. The van der Waals surface area contributed by atoms with Gasteiger partial charge in [0.2, 0.25) is 10.0 Å². The van der Waals surface area contributed by atoms with Gasteiger partial charge in [-0.1, -0.05) is 17.3 Å². The average molecular weight is 567 g/mol. The third kappa shape index (κ3) is 4.71. The molecule has 1 aliphatic heterocycles. The molecule has 3 aromatic heterocycles. The van der Waals surface area contributed by atoms with E-state index >= 15 is 0 Å². The van der Waals surface area contributed by atoms with Crippen LogP contribution >= 0.6 is 0 Å². The van der Waals surface area contributed by atoms with Crippen LogP contribution in [0.3, 0.4) is 0 Å². The number of aromatic nitrogens is 9. The van der Waals surface area contributed by atoms with Crippen LogP contribution in [0.15, 0.2) is 58.5 Å². The van der Waals surface area contributed by atoms with Crippen molar-refractivity contribution >= 4 is 21.2 Å². The molecule has 0 amide bonds. The number of sulfonamides is 1. The monoisotopic (exact) mass is 566 g/mol. The van der Waals surface area contributed by atoms with Crippen molar-refractivity contribution in [2.75, 3.05) is 20.2 Å². The molecule has 1 aliphatic rings. The van der Waals surface area contributed by atoms with E-state index in [1.54, 1.807) is 18.2 Å². The van der Waals surface area contributed by atoms with Crippen LogP contribution in [0.2, 0.25) is 0 Å². The van der Waals surface area contributed by atoms with Crippen molar-refractivity contribution in [3.63, 3.8) is 0 Å². The number of nitrogens with one attached hydrogen (secondary N) is 1. The molecule has 1 N–H and O–H groups in total. The molecule has 0 radical (unpaired) electrons. The predicted octanol–water partition coefficient (Wildman–Crippen LogP) is 1.25. The average Bonchev–Trinajstić information content (AvgIpc) is 3.65. The molecule has 14 nitrogen and oxygen atoms in total. The lowest BCUT2D eigenvalue weighted by molar-refractivity contribution is 0.313. The number of piperidine rings is 1. The van der Waals surface area contributed by atoms with E-state index in [9.17, 15) is 17.6 Å². The van der Waals surface area contributed by atoms with E-state index < -0.39 is 15.6 Å². The summed E-state index contributed by atoms with van der Waals surface area (Å²) in [5.74, 6) is 0.237. The molecule has 0 unspecified atom stereocenters. The van der Waals surface area contributed by atoms with Crippen molar-refractivity contribution in [3.8, 4) is 11.4 Å². The Morgan fingerprint density at radius 2 is 1.88 bits per heavy atom. The third-order valence-electron chi connectivity index (χ3n) is 6.86. The van der Waals surface area contributed by atoms with Gasteiger partial charge >= 0.3 is 0 Å². The fourth-order valence-corrected chi connectivity index (χ4v) is 6.23. The number of aromatic amines is 1. The molecule has 40 heavy (non-hydrogen) atoms. The molecule has 0 spiro atoms. The minimum Gasteiger partial charge on any atom is -0.494 e. The predicted molar refractivity (Wildman–Crippen MR) is 138 cm³/mol. The van der Waals surface area contributed by atoms with Crippen molar-refractivity contribution in [1.82, 2.24) is 49.5 Å². The van der Waals surface area contributed by atoms with Crippen LogP contribution in [-0.4, -0.2) is 78.1 Å². The normalized spacial score (nSPS) is 15.1. The van der Waals surface area contributed by atoms with Crippen molar-refractivity contribution in [2.45, 2.75) is 30.2 Å². The Morgan fingerprint density at radius 1 is 1.10 bits per heavy atom. The number of tetrazole rings is 1. The summed E-state index contributed by atoms with van der Waals surface area (Å²) in [6, 6.07) is 10.5. The molecule has 0 atom stereocenters. The van der Waals surface area contributed by atoms with Crippen molar-refractivity contribution in [2.24, 2.45) is 0 Å². The van der Waals surface area contributed by atoms with Crippen LogP contribution in [0.1, 0.15) is 30.1 Å². The number of hydrogen-bond donors (Lipinski definition) is 1. The second-order valence-corrected chi connectivity index (χ2v) is 11.2. The fourth-order valence-electron chi connectivity index (χ4n) is 4.74. The van der Waals surface area contributed by atoms with Crippen LogP contribution in [0.25, 0.3) is 16.9 Å². The highest BCUT2D eigenvalue weighted by Gasteiger charge is 2.32. The quantitative estimate of drug-likeness (QED) is 0.303. The van der Waals surface area contributed by atoms with Crippen LogP contribution in [0.4, 0.5) is 4.39 Å². The molecular weight excluding hydrogens is 543 g/mol. The van der Waals surface area contributed by atoms with Crippen LogP contribution in [0.5, 0.6) is 5.75 Å².